The van der Waals surface area contributed by atoms with Crippen LogP contribution in [-0.4, -0.2) is 11.6 Å². The van der Waals surface area contributed by atoms with Gasteiger partial charge in [0, 0.05) is 21.1 Å². The molecule has 2 saturated carbocycles. The molecule has 2 heteroatoms. The predicted molar refractivity (Wildman–Crippen MR) is 49.4 cm³/mol. The van der Waals surface area contributed by atoms with Crippen molar-refractivity contribution in [2.45, 2.75) is 51.2 Å². The van der Waals surface area contributed by atoms with Gasteiger partial charge in [0.25, 0.3) is 0 Å². The summed E-state index contributed by atoms with van der Waals surface area (Å²) < 4.78 is 46.6. The van der Waals surface area contributed by atoms with Gasteiger partial charge in [-0.15, -0.1) is 0 Å². The first-order valence-corrected chi connectivity index (χ1v) is 4.44. The van der Waals surface area contributed by atoms with Crippen LogP contribution in [0.1, 0.15) is 59.4 Å². The highest BCUT2D eigenvalue weighted by Gasteiger charge is 2.39. The molecular weight excluding hydrogens is 164 g/mol. The van der Waals surface area contributed by atoms with Gasteiger partial charge in [-0.25, -0.2) is 0 Å². The fourth-order valence-corrected chi connectivity index (χ4v) is 2.08. The summed E-state index contributed by atoms with van der Waals surface area (Å²) in [5.74, 6) is -0.601. The first kappa shape index (κ1) is 4.24. The standard InChI is InChI=1S/C11H16O2/c12-9-6-10(13)8-11(7-9)4-2-1-3-5-11/h1-8H2/i1D2,2D2,3D2. The van der Waals surface area contributed by atoms with Crippen molar-refractivity contribution in [1.29, 1.82) is 0 Å². The third-order valence-electron chi connectivity index (χ3n) is 2.64. The Balaban J connectivity index is 2.41. The molecule has 1 spiro atoms. The van der Waals surface area contributed by atoms with E-state index >= 15 is 0 Å². The molecule has 0 unspecified atom stereocenters. The third kappa shape index (κ3) is 1.82. The fraction of sp³-hybridized carbons (Fsp3) is 0.818. The maximum Gasteiger partial charge on any atom is 0.140 e. The number of ketones is 2. The Morgan fingerprint density at radius 3 is 2.08 bits per heavy atom. The summed E-state index contributed by atoms with van der Waals surface area (Å²) >= 11 is 0. The van der Waals surface area contributed by atoms with E-state index < -0.39 is 24.5 Å². The molecule has 0 atom stereocenters. The quantitative estimate of drug-likeness (QED) is 0.544. The largest absolute Gasteiger partial charge is 0.299 e. The molecule has 0 radical (unpaired) electrons. The van der Waals surface area contributed by atoms with E-state index in [2.05, 4.69) is 0 Å². The highest BCUT2D eigenvalue weighted by molar-refractivity contribution is 6.02. The van der Waals surface area contributed by atoms with Gasteiger partial charge in [0.2, 0.25) is 0 Å². The Hall–Kier alpha value is -0.660. The Kier molecular flexibility index (Phi) is 1.06. The van der Waals surface area contributed by atoms with Crippen LogP contribution in [0.3, 0.4) is 0 Å². The summed E-state index contributed by atoms with van der Waals surface area (Å²) in [6, 6.07) is 0. The summed E-state index contributed by atoms with van der Waals surface area (Å²) in [6.07, 6.45) is -8.23. The molecule has 2 aliphatic rings. The number of hydrogen-bond donors (Lipinski definition) is 0. The molecule has 0 aromatic heterocycles. The number of rotatable bonds is 0. The summed E-state index contributed by atoms with van der Waals surface area (Å²) in [7, 11) is 0. The molecule has 0 heterocycles. The lowest BCUT2D eigenvalue weighted by molar-refractivity contribution is -0.135. The SMILES string of the molecule is [2H]C1([2H])CC2(CC(=O)CC(=O)C2)CC([2H])([2H])C1([2H])[2H]. The number of Topliss-reactive ketones (excluding diaryl/α,β-unsaturated/α-hetero) is 2. The van der Waals surface area contributed by atoms with Gasteiger partial charge < -0.3 is 0 Å². The van der Waals surface area contributed by atoms with E-state index in [9.17, 15) is 9.59 Å². The fourth-order valence-electron chi connectivity index (χ4n) is 2.08. The zero-order chi connectivity index (χ0) is 14.7. The molecule has 0 N–H and O–H groups in total. The van der Waals surface area contributed by atoms with Gasteiger partial charge in [0.1, 0.15) is 11.6 Å². The van der Waals surface area contributed by atoms with Crippen LogP contribution >= 0.6 is 0 Å². The van der Waals surface area contributed by atoms with Gasteiger partial charge in [-0.05, 0) is 18.3 Å². The molecule has 2 nitrogen and oxygen atoms in total. The van der Waals surface area contributed by atoms with E-state index in [4.69, 9.17) is 8.22 Å². The number of hydrogen-bond acceptors (Lipinski definition) is 2. The first-order valence-electron chi connectivity index (χ1n) is 7.44. The monoisotopic (exact) mass is 186 g/mol. The van der Waals surface area contributed by atoms with Crippen LogP contribution in [0.4, 0.5) is 0 Å². The molecule has 0 bridgehead atoms. The molecule has 72 valence electrons. The normalized spacial score (nSPS) is 46.5. The zero-order valence-electron chi connectivity index (χ0n) is 13.4. The van der Waals surface area contributed by atoms with Crippen LogP contribution in [0.2, 0.25) is 0 Å². The van der Waals surface area contributed by atoms with Crippen molar-refractivity contribution in [2.75, 3.05) is 0 Å². The molecule has 0 amide bonds. The molecule has 0 aromatic carbocycles. The lowest BCUT2D eigenvalue weighted by Gasteiger charge is -2.38. The maximum absolute atomic E-state index is 11.6. The van der Waals surface area contributed by atoms with Crippen LogP contribution in [-0.2, 0) is 9.59 Å². The zero-order valence-corrected chi connectivity index (χ0v) is 7.35. The second-order valence-electron chi connectivity index (χ2n) is 3.94. The van der Waals surface area contributed by atoms with Crippen molar-refractivity contribution in [3.63, 3.8) is 0 Å². The van der Waals surface area contributed by atoms with E-state index in [1.54, 1.807) is 0 Å². The lowest BCUT2D eigenvalue weighted by Crippen LogP contribution is -2.35. The topological polar surface area (TPSA) is 34.1 Å². The van der Waals surface area contributed by atoms with Crippen LogP contribution in [0.5, 0.6) is 0 Å². The predicted octanol–water partition coefficient (Wildman–Crippen LogP) is 2.26. The van der Waals surface area contributed by atoms with Crippen molar-refractivity contribution in [3.8, 4) is 0 Å². The molecule has 13 heavy (non-hydrogen) atoms. The summed E-state index contributed by atoms with van der Waals surface area (Å²) in [5.41, 5.74) is -1.06. The Labute approximate surface area is 87.1 Å². The smallest absolute Gasteiger partial charge is 0.140 e. The van der Waals surface area contributed by atoms with Crippen molar-refractivity contribution in [1.82, 2.24) is 0 Å². The first-order chi connectivity index (χ1) is 8.41. The average Bonchev–Trinajstić information content (AvgIpc) is 2.10. The molecular formula is C11H16O2. The molecule has 0 aromatic rings. The second-order valence-corrected chi connectivity index (χ2v) is 3.94. The minimum absolute atomic E-state index is 0.0339. The lowest BCUT2D eigenvalue weighted by atomic mass is 9.65. The average molecular weight is 186 g/mol. The van der Waals surface area contributed by atoms with E-state index in [1.165, 1.54) is 0 Å². The van der Waals surface area contributed by atoms with E-state index in [1.807, 2.05) is 0 Å². The van der Waals surface area contributed by atoms with Gasteiger partial charge in [0.15, 0.2) is 0 Å². The minimum atomic E-state index is -2.63. The highest BCUT2D eigenvalue weighted by atomic mass is 16.1. The third-order valence-corrected chi connectivity index (χ3v) is 2.64. The van der Waals surface area contributed by atoms with Crippen LogP contribution in [0, 0.1) is 5.41 Å². The molecule has 2 aliphatic carbocycles. The summed E-state index contributed by atoms with van der Waals surface area (Å²) in [6.45, 7) is 0. The number of carbonyl (C=O) groups is 2. The highest BCUT2D eigenvalue weighted by Crippen LogP contribution is 2.45. The van der Waals surface area contributed by atoms with Gasteiger partial charge in [-0.1, -0.05) is 19.1 Å². The Bertz CT molecular complexity index is 404. The maximum atomic E-state index is 11.6. The van der Waals surface area contributed by atoms with E-state index in [0.29, 0.717) is 0 Å². The van der Waals surface area contributed by atoms with Gasteiger partial charge in [-0.3, -0.25) is 9.59 Å². The Morgan fingerprint density at radius 2 is 1.54 bits per heavy atom. The Morgan fingerprint density at radius 1 is 1.00 bits per heavy atom. The molecule has 2 rings (SSSR count). The van der Waals surface area contributed by atoms with Gasteiger partial charge >= 0.3 is 0 Å². The van der Waals surface area contributed by atoms with Gasteiger partial charge in [0.05, 0.1) is 6.42 Å². The molecule has 2 fully saturated rings. The van der Waals surface area contributed by atoms with Crippen LogP contribution < -0.4 is 0 Å². The summed E-state index contributed by atoms with van der Waals surface area (Å²) in [4.78, 5) is 23.1. The van der Waals surface area contributed by atoms with Crippen LogP contribution in [0.15, 0.2) is 0 Å². The molecule has 0 saturated heterocycles. The van der Waals surface area contributed by atoms with Gasteiger partial charge in [-0.2, -0.15) is 0 Å². The van der Waals surface area contributed by atoms with E-state index in [-0.39, 0.29) is 43.7 Å². The number of carbonyl (C=O) groups excluding carboxylic acids is 2. The van der Waals surface area contributed by atoms with Crippen LogP contribution in [0.25, 0.3) is 0 Å². The second kappa shape index (κ2) is 3.24. The van der Waals surface area contributed by atoms with Crippen molar-refractivity contribution >= 4 is 11.6 Å². The van der Waals surface area contributed by atoms with E-state index in [0.717, 1.165) is 0 Å². The van der Waals surface area contributed by atoms with Crippen molar-refractivity contribution in [3.05, 3.63) is 0 Å². The minimum Gasteiger partial charge on any atom is -0.299 e. The molecule has 0 aliphatic heterocycles. The van der Waals surface area contributed by atoms with Crippen molar-refractivity contribution < 1.29 is 17.8 Å². The van der Waals surface area contributed by atoms with Crippen molar-refractivity contribution in [2.24, 2.45) is 5.41 Å². The summed E-state index contributed by atoms with van der Waals surface area (Å²) in [5, 5.41) is 0.